The highest BCUT2D eigenvalue weighted by molar-refractivity contribution is 6.14. The summed E-state index contributed by atoms with van der Waals surface area (Å²) >= 11 is 0. The van der Waals surface area contributed by atoms with Crippen LogP contribution in [0, 0.1) is 5.92 Å². The van der Waals surface area contributed by atoms with Crippen molar-refractivity contribution < 1.29 is 34.2 Å². The molecule has 26 heavy (non-hydrogen) atoms. The van der Waals surface area contributed by atoms with Crippen molar-refractivity contribution in [3.8, 4) is 0 Å². The number of urea groups is 1. The molecular formula is C17H18N2O7. The van der Waals surface area contributed by atoms with Gasteiger partial charge in [0.25, 0.3) is 0 Å². The molecule has 0 unspecified atom stereocenters. The number of carbonyl (C=O) groups excluding carboxylic acids is 3. The summed E-state index contributed by atoms with van der Waals surface area (Å²) in [6.07, 6.45) is -1.17. The van der Waals surface area contributed by atoms with Gasteiger partial charge in [-0.3, -0.25) is 29.0 Å². The van der Waals surface area contributed by atoms with Crippen molar-refractivity contribution >= 4 is 29.8 Å². The minimum absolute atomic E-state index is 0.0326. The number of hydrogen-bond donors (Lipinski definition) is 2. The van der Waals surface area contributed by atoms with Gasteiger partial charge in [0.2, 0.25) is 11.8 Å². The fourth-order valence-electron chi connectivity index (χ4n) is 2.59. The standard InChI is InChI=1S/C17H18N2O7/c20-13-8-14(21)19(10-12(16(24)25)6-7-15(22)23)17(26)18(13)9-11-4-2-1-3-5-11/h1-5,12H,6-10H2,(H,22,23)(H,24,25)/t12-/m1/s1. The van der Waals surface area contributed by atoms with Gasteiger partial charge in [-0.25, -0.2) is 4.79 Å². The number of barbiturate groups is 1. The van der Waals surface area contributed by atoms with E-state index in [0.29, 0.717) is 10.5 Å². The summed E-state index contributed by atoms with van der Waals surface area (Å²) in [6.45, 7) is -0.506. The zero-order valence-corrected chi connectivity index (χ0v) is 13.8. The molecule has 9 nitrogen and oxygen atoms in total. The summed E-state index contributed by atoms with van der Waals surface area (Å²) < 4.78 is 0. The molecule has 1 aromatic rings. The van der Waals surface area contributed by atoms with Crippen LogP contribution >= 0.6 is 0 Å². The number of carboxylic acid groups (broad SMARTS) is 2. The van der Waals surface area contributed by atoms with Gasteiger partial charge in [0.1, 0.15) is 6.42 Å². The van der Waals surface area contributed by atoms with Crippen molar-refractivity contribution in [2.45, 2.75) is 25.8 Å². The van der Waals surface area contributed by atoms with E-state index in [1.54, 1.807) is 30.3 Å². The normalized spacial score (nSPS) is 15.9. The highest BCUT2D eigenvalue weighted by Crippen LogP contribution is 2.19. The number of imide groups is 2. The SMILES string of the molecule is O=C(O)CC[C@H](CN1C(=O)CC(=O)N(Cc2ccccc2)C1=O)C(=O)O. The lowest BCUT2D eigenvalue weighted by Crippen LogP contribution is -2.56. The van der Waals surface area contributed by atoms with E-state index in [0.717, 1.165) is 4.90 Å². The van der Waals surface area contributed by atoms with Crippen molar-refractivity contribution in [3.63, 3.8) is 0 Å². The summed E-state index contributed by atoms with van der Waals surface area (Å²) in [5.41, 5.74) is 0.684. The molecule has 0 aromatic heterocycles. The van der Waals surface area contributed by atoms with E-state index in [1.165, 1.54) is 0 Å². The van der Waals surface area contributed by atoms with Gasteiger partial charge >= 0.3 is 18.0 Å². The lowest BCUT2D eigenvalue weighted by atomic mass is 10.0. The van der Waals surface area contributed by atoms with E-state index >= 15 is 0 Å². The third-order valence-corrected chi connectivity index (χ3v) is 4.01. The Labute approximate surface area is 148 Å². The predicted molar refractivity (Wildman–Crippen MR) is 86.7 cm³/mol. The first-order chi connectivity index (χ1) is 12.3. The monoisotopic (exact) mass is 362 g/mol. The first-order valence-electron chi connectivity index (χ1n) is 7.92. The van der Waals surface area contributed by atoms with E-state index in [4.69, 9.17) is 5.11 Å². The second-order valence-corrected chi connectivity index (χ2v) is 5.90. The average molecular weight is 362 g/mol. The van der Waals surface area contributed by atoms with Gasteiger partial charge in [0, 0.05) is 13.0 Å². The number of rotatable bonds is 8. The summed E-state index contributed by atoms with van der Waals surface area (Å²) in [6, 6.07) is 7.80. The molecule has 4 amide bonds. The maximum absolute atomic E-state index is 12.5. The van der Waals surface area contributed by atoms with Gasteiger partial charge in [-0.05, 0) is 12.0 Å². The molecule has 2 rings (SSSR count). The zero-order chi connectivity index (χ0) is 19.3. The summed E-state index contributed by atoms with van der Waals surface area (Å²) in [5, 5.41) is 17.9. The van der Waals surface area contributed by atoms with Crippen LogP contribution < -0.4 is 0 Å². The van der Waals surface area contributed by atoms with Crippen LogP contribution in [0.1, 0.15) is 24.8 Å². The molecule has 9 heteroatoms. The molecular weight excluding hydrogens is 344 g/mol. The molecule has 138 valence electrons. The Balaban J connectivity index is 2.14. The fourth-order valence-corrected chi connectivity index (χ4v) is 2.59. The number of carboxylic acids is 2. The van der Waals surface area contributed by atoms with Gasteiger partial charge < -0.3 is 10.2 Å². The molecule has 0 saturated carbocycles. The topological polar surface area (TPSA) is 132 Å². The Kier molecular flexibility index (Phi) is 6.05. The molecule has 0 spiro atoms. The summed E-state index contributed by atoms with van der Waals surface area (Å²) in [7, 11) is 0. The molecule has 1 saturated heterocycles. The highest BCUT2D eigenvalue weighted by atomic mass is 16.4. The Morgan fingerprint density at radius 3 is 2.19 bits per heavy atom. The average Bonchev–Trinajstić information content (AvgIpc) is 2.58. The van der Waals surface area contributed by atoms with E-state index in [9.17, 15) is 29.1 Å². The minimum Gasteiger partial charge on any atom is -0.481 e. The van der Waals surface area contributed by atoms with E-state index in [-0.39, 0.29) is 13.0 Å². The first-order valence-corrected chi connectivity index (χ1v) is 7.92. The predicted octanol–water partition coefficient (Wildman–Crippen LogP) is 0.933. The zero-order valence-electron chi connectivity index (χ0n) is 13.8. The van der Waals surface area contributed by atoms with Crippen LogP contribution in [0.25, 0.3) is 0 Å². The number of hydrogen-bond acceptors (Lipinski definition) is 5. The molecule has 0 bridgehead atoms. The Bertz CT molecular complexity index is 732. The number of benzene rings is 1. The van der Waals surface area contributed by atoms with Gasteiger partial charge in [0.15, 0.2) is 0 Å². The largest absolute Gasteiger partial charge is 0.481 e. The van der Waals surface area contributed by atoms with Gasteiger partial charge in [-0.2, -0.15) is 0 Å². The van der Waals surface area contributed by atoms with Crippen LogP contribution in [0.5, 0.6) is 0 Å². The van der Waals surface area contributed by atoms with Crippen LogP contribution in [0.2, 0.25) is 0 Å². The smallest absolute Gasteiger partial charge is 0.333 e. The second kappa shape index (κ2) is 8.24. The molecule has 1 atom stereocenters. The van der Waals surface area contributed by atoms with Crippen LogP contribution in [0.3, 0.4) is 0 Å². The molecule has 1 aliphatic heterocycles. The van der Waals surface area contributed by atoms with E-state index in [2.05, 4.69) is 0 Å². The van der Waals surface area contributed by atoms with Crippen LogP contribution in [0.4, 0.5) is 4.79 Å². The molecule has 1 aromatic carbocycles. The van der Waals surface area contributed by atoms with E-state index in [1.807, 2.05) is 0 Å². The second-order valence-electron chi connectivity index (χ2n) is 5.90. The lowest BCUT2D eigenvalue weighted by molar-refractivity contribution is -0.146. The number of aliphatic carboxylic acids is 2. The molecule has 1 fully saturated rings. The van der Waals surface area contributed by atoms with Crippen molar-refractivity contribution in [3.05, 3.63) is 35.9 Å². The third kappa shape index (κ3) is 4.65. The number of nitrogens with zero attached hydrogens (tertiary/aromatic N) is 2. The van der Waals surface area contributed by atoms with Crippen molar-refractivity contribution in [1.29, 1.82) is 0 Å². The Hall–Kier alpha value is -3.23. The lowest BCUT2D eigenvalue weighted by Gasteiger charge is -2.34. The van der Waals surface area contributed by atoms with Crippen LogP contribution in [0.15, 0.2) is 30.3 Å². The number of amides is 4. The first kappa shape index (κ1) is 19.1. The van der Waals surface area contributed by atoms with Crippen molar-refractivity contribution in [1.82, 2.24) is 9.80 Å². The van der Waals surface area contributed by atoms with Crippen LogP contribution in [-0.4, -0.2) is 56.3 Å². The van der Waals surface area contributed by atoms with Crippen molar-refractivity contribution in [2.75, 3.05) is 6.54 Å². The van der Waals surface area contributed by atoms with Gasteiger partial charge in [-0.1, -0.05) is 30.3 Å². The summed E-state index contributed by atoms with van der Waals surface area (Å²) in [4.78, 5) is 60.2. The summed E-state index contributed by atoms with van der Waals surface area (Å²) in [5.74, 6) is -5.14. The Morgan fingerprint density at radius 2 is 1.62 bits per heavy atom. The molecule has 1 heterocycles. The molecule has 1 aliphatic rings. The van der Waals surface area contributed by atoms with Crippen LogP contribution in [-0.2, 0) is 25.7 Å². The highest BCUT2D eigenvalue weighted by Gasteiger charge is 2.39. The fraction of sp³-hybridized carbons (Fsp3) is 0.353. The number of carbonyl (C=O) groups is 5. The Morgan fingerprint density at radius 1 is 1.00 bits per heavy atom. The van der Waals surface area contributed by atoms with Gasteiger partial charge in [0.05, 0.1) is 12.5 Å². The quantitative estimate of drug-likeness (QED) is 0.657. The minimum atomic E-state index is -1.31. The van der Waals surface area contributed by atoms with E-state index < -0.39 is 55.1 Å². The molecule has 0 radical (unpaired) electrons. The maximum atomic E-state index is 12.5. The van der Waals surface area contributed by atoms with Crippen molar-refractivity contribution in [2.24, 2.45) is 5.92 Å². The maximum Gasteiger partial charge on any atom is 0.333 e. The molecule has 0 aliphatic carbocycles. The van der Waals surface area contributed by atoms with Gasteiger partial charge in [-0.15, -0.1) is 0 Å². The third-order valence-electron chi connectivity index (χ3n) is 4.01. The molecule has 2 N–H and O–H groups in total.